The van der Waals surface area contributed by atoms with Gasteiger partial charge in [-0.05, 0) is 37.1 Å². The van der Waals surface area contributed by atoms with E-state index in [1.54, 1.807) is 0 Å². The van der Waals surface area contributed by atoms with E-state index in [1.165, 1.54) is 7.11 Å². The van der Waals surface area contributed by atoms with E-state index in [4.69, 9.17) is 11.6 Å². The van der Waals surface area contributed by atoms with Gasteiger partial charge in [-0.15, -0.1) is 0 Å². The summed E-state index contributed by atoms with van der Waals surface area (Å²) < 4.78 is 4.55. The van der Waals surface area contributed by atoms with Gasteiger partial charge < -0.3 is 24.8 Å². The molecule has 8 nitrogen and oxygen atoms in total. The number of rotatable bonds is 6. The van der Waals surface area contributed by atoms with Gasteiger partial charge in [0.1, 0.15) is 6.42 Å². The van der Waals surface area contributed by atoms with Gasteiger partial charge in [-0.3, -0.25) is 14.4 Å². The third-order valence-electron chi connectivity index (χ3n) is 6.63. The molecule has 2 amide bonds. The number of methoxy groups -OCH3 is 1. The van der Waals surface area contributed by atoms with Crippen molar-refractivity contribution in [3.05, 3.63) is 59.1 Å². The van der Waals surface area contributed by atoms with Crippen LogP contribution in [0.3, 0.4) is 0 Å². The Labute approximate surface area is 210 Å². The van der Waals surface area contributed by atoms with E-state index in [0.29, 0.717) is 31.7 Å². The van der Waals surface area contributed by atoms with Crippen LogP contribution in [0, 0.1) is 0 Å². The van der Waals surface area contributed by atoms with Crippen LogP contribution in [0.2, 0.25) is 5.02 Å². The highest BCUT2D eigenvalue weighted by molar-refractivity contribution is 6.33. The van der Waals surface area contributed by atoms with Crippen LogP contribution in [-0.4, -0.2) is 75.1 Å². The lowest BCUT2D eigenvalue weighted by Crippen LogP contribution is -2.49. The molecule has 2 aliphatic rings. The Morgan fingerprint density at radius 2 is 1.49 bits per heavy atom. The molecule has 0 atom stereocenters. The smallest absolute Gasteiger partial charge is 0.315 e. The van der Waals surface area contributed by atoms with E-state index in [0.717, 1.165) is 42.3 Å². The number of piperidine rings is 1. The SMILES string of the molecule is COC(=O)CC(=O)NC1CCN(c2ccccc2C(=O)N2CCN(c3ccccc3Cl)CC2)CC1. The lowest BCUT2D eigenvalue weighted by Gasteiger charge is -2.38. The van der Waals surface area contributed by atoms with Crippen LogP contribution >= 0.6 is 11.6 Å². The molecule has 2 aromatic carbocycles. The summed E-state index contributed by atoms with van der Waals surface area (Å²) in [4.78, 5) is 43.1. The van der Waals surface area contributed by atoms with Crippen molar-refractivity contribution in [3.63, 3.8) is 0 Å². The first-order valence-electron chi connectivity index (χ1n) is 11.9. The molecular formula is C26H31ClN4O4. The number of anilines is 2. The second-order valence-corrected chi connectivity index (χ2v) is 9.24. The van der Waals surface area contributed by atoms with Gasteiger partial charge >= 0.3 is 5.97 Å². The molecule has 2 fully saturated rings. The van der Waals surface area contributed by atoms with Crippen LogP contribution in [0.5, 0.6) is 0 Å². The molecular weight excluding hydrogens is 468 g/mol. The highest BCUT2D eigenvalue weighted by Gasteiger charge is 2.28. The molecule has 4 rings (SSSR count). The second kappa shape index (κ2) is 11.4. The van der Waals surface area contributed by atoms with Crippen molar-refractivity contribution in [1.82, 2.24) is 10.2 Å². The number of halogens is 1. The van der Waals surface area contributed by atoms with E-state index < -0.39 is 5.97 Å². The van der Waals surface area contributed by atoms with Gasteiger partial charge in [-0.2, -0.15) is 0 Å². The second-order valence-electron chi connectivity index (χ2n) is 8.83. The quantitative estimate of drug-likeness (QED) is 0.487. The van der Waals surface area contributed by atoms with E-state index in [1.807, 2.05) is 53.4 Å². The Kier molecular flexibility index (Phi) is 8.13. The lowest BCUT2D eigenvalue weighted by molar-refractivity contribution is -0.144. The average molecular weight is 499 g/mol. The van der Waals surface area contributed by atoms with Gasteiger partial charge in [-0.1, -0.05) is 35.9 Å². The fraction of sp³-hybridized carbons (Fsp3) is 0.423. The summed E-state index contributed by atoms with van der Waals surface area (Å²) in [6, 6.07) is 15.5. The molecule has 9 heteroatoms. The van der Waals surface area contributed by atoms with Crippen molar-refractivity contribution in [2.75, 3.05) is 56.2 Å². The third kappa shape index (κ3) is 6.06. The molecule has 0 unspecified atom stereocenters. The van der Waals surface area contributed by atoms with E-state index in [2.05, 4.69) is 19.9 Å². The Hall–Kier alpha value is -3.26. The van der Waals surface area contributed by atoms with Gasteiger partial charge in [0.15, 0.2) is 0 Å². The first kappa shape index (κ1) is 24.9. The first-order valence-corrected chi connectivity index (χ1v) is 12.3. The molecule has 0 bridgehead atoms. The predicted octanol–water partition coefficient (Wildman–Crippen LogP) is 2.95. The van der Waals surface area contributed by atoms with Crippen molar-refractivity contribution in [2.45, 2.75) is 25.3 Å². The molecule has 1 N–H and O–H groups in total. The Morgan fingerprint density at radius 1 is 0.886 bits per heavy atom. The van der Waals surface area contributed by atoms with Crippen molar-refractivity contribution in [2.24, 2.45) is 0 Å². The number of esters is 1. The maximum atomic E-state index is 13.5. The molecule has 186 valence electrons. The molecule has 0 spiro atoms. The zero-order chi connectivity index (χ0) is 24.8. The maximum absolute atomic E-state index is 13.5. The molecule has 2 aliphatic heterocycles. The number of benzene rings is 2. The minimum absolute atomic E-state index is 0.00385. The maximum Gasteiger partial charge on any atom is 0.315 e. The fourth-order valence-electron chi connectivity index (χ4n) is 4.71. The minimum Gasteiger partial charge on any atom is -0.469 e. The standard InChI is InChI=1S/C26H31ClN4O4/c1-35-25(33)18-24(32)28-19-10-12-29(13-11-19)22-8-4-2-6-20(22)26(34)31-16-14-30(15-17-31)23-9-5-3-7-21(23)27/h2-9,19H,10-18H2,1H3,(H,28,32). The minimum atomic E-state index is -0.542. The summed E-state index contributed by atoms with van der Waals surface area (Å²) in [7, 11) is 1.27. The summed E-state index contributed by atoms with van der Waals surface area (Å²) in [6.45, 7) is 4.16. The number of hydrogen-bond donors (Lipinski definition) is 1. The largest absolute Gasteiger partial charge is 0.469 e. The average Bonchev–Trinajstić information content (AvgIpc) is 2.89. The van der Waals surface area contributed by atoms with Crippen molar-refractivity contribution in [3.8, 4) is 0 Å². The first-order chi connectivity index (χ1) is 17.0. The van der Waals surface area contributed by atoms with Gasteiger partial charge in [-0.25, -0.2) is 0 Å². The van der Waals surface area contributed by atoms with Crippen LogP contribution < -0.4 is 15.1 Å². The van der Waals surface area contributed by atoms with Gasteiger partial charge in [0.05, 0.1) is 23.4 Å². The number of nitrogens with one attached hydrogen (secondary N) is 1. The summed E-state index contributed by atoms with van der Waals surface area (Å²) in [6.07, 6.45) is 1.22. The third-order valence-corrected chi connectivity index (χ3v) is 6.95. The van der Waals surface area contributed by atoms with Crippen molar-refractivity contribution >= 4 is 40.8 Å². The number of ether oxygens (including phenoxy) is 1. The number of carbonyl (C=O) groups excluding carboxylic acids is 3. The Morgan fingerprint density at radius 3 is 2.14 bits per heavy atom. The molecule has 0 aromatic heterocycles. The van der Waals surface area contributed by atoms with Crippen LogP contribution in [0.4, 0.5) is 11.4 Å². The van der Waals surface area contributed by atoms with Gasteiger partial charge in [0.2, 0.25) is 5.91 Å². The van der Waals surface area contributed by atoms with Crippen LogP contribution in [0.1, 0.15) is 29.6 Å². The van der Waals surface area contributed by atoms with Crippen molar-refractivity contribution in [1.29, 1.82) is 0 Å². The summed E-state index contributed by atoms with van der Waals surface area (Å²) in [5.41, 5.74) is 2.63. The highest BCUT2D eigenvalue weighted by Crippen LogP contribution is 2.28. The summed E-state index contributed by atoms with van der Waals surface area (Å²) >= 11 is 6.35. The lowest BCUT2D eigenvalue weighted by atomic mass is 10.0. The van der Waals surface area contributed by atoms with E-state index in [9.17, 15) is 14.4 Å². The molecule has 0 saturated carbocycles. The summed E-state index contributed by atoms with van der Waals surface area (Å²) in [5, 5.41) is 3.64. The molecule has 35 heavy (non-hydrogen) atoms. The molecule has 2 saturated heterocycles. The number of para-hydroxylation sites is 2. The summed E-state index contributed by atoms with van der Waals surface area (Å²) in [5.74, 6) is -0.824. The van der Waals surface area contributed by atoms with Crippen LogP contribution in [-0.2, 0) is 14.3 Å². The topological polar surface area (TPSA) is 82.2 Å². The number of nitrogens with zero attached hydrogens (tertiary/aromatic N) is 3. The van der Waals surface area contributed by atoms with Crippen molar-refractivity contribution < 1.29 is 19.1 Å². The number of hydrogen-bond acceptors (Lipinski definition) is 6. The van der Waals surface area contributed by atoms with E-state index in [-0.39, 0.29) is 24.3 Å². The number of amides is 2. The highest BCUT2D eigenvalue weighted by atomic mass is 35.5. The molecule has 2 aromatic rings. The monoisotopic (exact) mass is 498 g/mol. The Bertz CT molecular complexity index is 1060. The predicted molar refractivity (Wildman–Crippen MR) is 136 cm³/mol. The van der Waals surface area contributed by atoms with Crippen LogP contribution in [0.25, 0.3) is 0 Å². The molecule has 2 heterocycles. The van der Waals surface area contributed by atoms with Crippen LogP contribution in [0.15, 0.2) is 48.5 Å². The number of piperazine rings is 1. The normalized spacial score (nSPS) is 16.7. The molecule has 0 radical (unpaired) electrons. The van der Waals surface area contributed by atoms with Gasteiger partial charge in [0.25, 0.3) is 5.91 Å². The Balaban J connectivity index is 1.35. The van der Waals surface area contributed by atoms with Gasteiger partial charge in [0, 0.05) is 51.0 Å². The molecule has 0 aliphatic carbocycles. The zero-order valence-corrected chi connectivity index (χ0v) is 20.7. The van der Waals surface area contributed by atoms with E-state index >= 15 is 0 Å². The number of carbonyl (C=O) groups is 3. The fourth-order valence-corrected chi connectivity index (χ4v) is 4.96. The zero-order valence-electron chi connectivity index (χ0n) is 19.9.